The Bertz CT molecular complexity index is 369. The summed E-state index contributed by atoms with van der Waals surface area (Å²) in [5, 5.41) is 0. The molecule has 2 heterocycles. The summed E-state index contributed by atoms with van der Waals surface area (Å²) in [7, 11) is 0. The monoisotopic (exact) mass is 308 g/mol. The fraction of sp³-hybridized carbons (Fsp3) is 0.500. The molecular formula is C10H14BrClN2O2. The van der Waals surface area contributed by atoms with Gasteiger partial charge in [-0.1, -0.05) is 0 Å². The fourth-order valence-electron chi connectivity index (χ4n) is 1.78. The number of likely N-dealkylation sites (tertiary alicyclic amines) is 1. The van der Waals surface area contributed by atoms with Crippen molar-refractivity contribution in [3.05, 3.63) is 22.6 Å². The zero-order valence-corrected chi connectivity index (χ0v) is 11.1. The van der Waals surface area contributed by atoms with Crippen LogP contribution in [-0.4, -0.2) is 29.9 Å². The molecule has 1 fully saturated rings. The second-order valence-electron chi connectivity index (χ2n) is 3.76. The Hall–Kier alpha value is -0.520. The van der Waals surface area contributed by atoms with E-state index in [1.807, 2.05) is 0 Å². The predicted octanol–water partition coefficient (Wildman–Crippen LogP) is 2.03. The molecule has 1 saturated heterocycles. The van der Waals surface area contributed by atoms with Crippen molar-refractivity contribution < 1.29 is 9.21 Å². The number of nitrogens with zero attached hydrogens (tertiary/aromatic N) is 1. The lowest BCUT2D eigenvalue weighted by Gasteiger charge is -2.29. The lowest BCUT2D eigenvalue weighted by molar-refractivity contribution is 0.0675. The van der Waals surface area contributed by atoms with E-state index in [9.17, 15) is 4.79 Å². The highest BCUT2D eigenvalue weighted by Crippen LogP contribution is 2.17. The number of rotatable bonds is 1. The number of piperidine rings is 1. The Morgan fingerprint density at radius 3 is 2.88 bits per heavy atom. The van der Waals surface area contributed by atoms with Gasteiger partial charge < -0.3 is 15.1 Å². The number of nitrogens with two attached hydrogens (primary N) is 1. The Kier molecular flexibility index (Phi) is 4.83. The molecule has 0 aliphatic carbocycles. The van der Waals surface area contributed by atoms with Crippen molar-refractivity contribution in [1.29, 1.82) is 0 Å². The van der Waals surface area contributed by atoms with Crippen molar-refractivity contribution in [2.24, 2.45) is 5.73 Å². The molecule has 1 amide bonds. The molecule has 4 nitrogen and oxygen atoms in total. The Labute approximate surface area is 109 Å². The van der Waals surface area contributed by atoms with Crippen LogP contribution in [0.3, 0.4) is 0 Å². The highest BCUT2D eigenvalue weighted by atomic mass is 79.9. The molecule has 0 radical (unpaired) electrons. The lowest BCUT2D eigenvalue weighted by Crippen LogP contribution is -2.45. The van der Waals surface area contributed by atoms with Gasteiger partial charge in [-0.05, 0) is 40.9 Å². The van der Waals surface area contributed by atoms with Gasteiger partial charge in [-0.15, -0.1) is 12.4 Å². The summed E-state index contributed by atoms with van der Waals surface area (Å²) in [6.45, 7) is 1.39. The van der Waals surface area contributed by atoms with Gasteiger partial charge in [0.2, 0.25) is 0 Å². The summed E-state index contributed by atoms with van der Waals surface area (Å²) in [5.41, 5.74) is 5.81. The van der Waals surface area contributed by atoms with Gasteiger partial charge in [-0.3, -0.25) is 4.79 Å². The number of furan rings is 1. The van der Waals surface area contributed by atoms with Crippen LogP contribution in [0, 0.1) is 0 Å². The van der Waals surface area contributed by atoms with Gasteiger partial charge in [0, 0.05) is 19.1 Å². The van der Waals surface area contributed by atoms with Gasteiger partial charge in [0.1, 0.15) is 0 Å². The minimum atomic E-state index is -0.0733. The molecule has 2 rings (SSSR count). The summed E-state index contributed by atoms with van der Waals surface area (Å²) in [4.78, 5) is 13.7. The van der Waals surface area contributed by atoms with E-state index in [0.29, 0.717) is 17.0 Å². The van der Waals surface area contributed by atoms with Crippen molar-refractivity contribution in [2.75, 3.05) is 13.1 Å². The maximum absolute atomic E-state index is 11.9. The van der Waals surface area contributed by atoms with Crippen LogP contribution < -0.4 is 5.73 Å². The third kappa shape index (κ3) is 2.99. The van der Waals surface area contributed by atoms with Crippen molar-refractivity contribution >= 4 is 34.2 Å². The van der Waals surface area contributed by atoms with E-state index in [4.69, 9.17) is 10.2 Å². The molecule has 0 bridgehead atoms. The average molecular weight is 310 g/mol. The third-order valence-electron chi connectivity index (χ3n) is 2.53. The van der Waals surface area contributed by atoms with Crippen LogP contribution in [0.1, 0.15) is 23.4 Å². The van der Waals surface area contributed by atoms with Gasteiger partial charge in [-0.25, -0.2) is 0 Å². The van der Waals surface area contributed by atoms with Gasteiger partial charge in [-0.2, -0.15) is 0 Å². The Morgan fingerprint density at radius 2 is 2.31 bits per heavy atom. The molecule has 0 spiro atoms. The summed E-state index contributed by atoms with van der Waals surface area (Å²) >= 11 is 3.17. The summed E-state index contributed by atoms with van der Waals surface area (Å²) in [5.74, 6) is 0.298. The van der Waals surface area contributed by atoms with E-state index < -0.39 is 0 Å². The summed E-state index contributed by atoms with van der Waals surface area (Å²) in [6.07, 6.45) is 1.96. The van der Waals surface area contributed by atoms with E-state index in [2.05, 4.69) is 15.9 Å². The standard InChI is InChI=1S/C10H13BrN2O2.ClH/c11-9-4-3-8(15-9)10(14)13-5-1-2-7(12)6-13;/h3-4,7H,1-2,5-6,12H2;1H. The third-order valence-corrected chi connectivity index (χ3v) is 2.96. The molecule has 1 aromatic rings. The molecule has 0 aromatic carbocycles. The van der Waals surface area contributed by atoms with E-state index in [-0.39, 0.29) is 24.4 Å². The molecule has 2 N–H and O–H groups in total. The van der Waals surface area contributed by atoms with Crippen molar-refractivity contribution in [3.63, 3.8) is 0 Å². The van der Waals surface area contributed by atoms with E-state index in [0.717, 1.165) is 19.4 Å². The first-order chi connectivity index (χ1) is 7.16. The average Bonchev–Trinajstić information content (AvgIpc) is 2.64. The van der Waals surface area contributed by atoms with E-state index in [1.165, 1.54) is 0 Å². The summed E-state index contributed by atoms with van der Waals surface area (Å²) < 4.78 is 5.79. The highest BCUT2D eigenvalue weighted by Gasteiger charge is 2.24. The topological polar surface area (TPSA) is 59.5 Å². The van der Waals surface area contributed by atoms with Gasteiger partial charge in [0.05, 0.1) is 0 Å². The second kappa shape index (κ2) is 5.70. The molecular weight excluding hydrogens is 295 g/mol. The highest BCUT2D eigenvalue weighted by molar-refractivity contribution is 9.10. The first-order valence-electron chi connectivity index (χ1n) is 4.97. The van der Waals surface area contributed by atoms with Crippen LogP contribution >= 0.6 is 28.3 Å². The zero-order chi connectivity index (χ0) is 10.8. The molecule has 1 aromatic heterocycles. The van der Waals surface area contributed by atoms with Crippen molar-refractivity contribution in [2.45, 2.75) is 18.9 Å². The molecule has 16 heavy (non-hydrogen) atoms. The number of carbonyl (C=O) groups excluding carboxylic acids is 1. The molecule has 6 heteroatoms. The number of hydrogen-bond donors (Lipinski definition) is 1. The number of amides is 1. The Balaban J connectivity index is 0.00000128. The van der Waals surface area contributed by atoms with Crippen LogP contribution in [0.25, 0.3) is 0 Å². The number of hydrogen-bond acceptors (Lipinski definition) is 3. The minimum absolute atomic E-state index is 0. The smallest absolute Gasteiger partial charge is 0.289 e. The van der Waals surface area contributed by atoms with E-state index >= 15 is 0 Å². The maximum Gasteiger partial charge on any atom is 0.289 e. The van der Waals surface area contributed by atoms with Crippen LogP contribution in [0.2, 0.25) is 0 Å². The lowest BCUT2D eigenvalue weighted by atomic mass is 10.1. The SMILES string of the molecule is Cl.NC1CCCN(C(=O)c2ccc(Br)o2)C1. The first-order valence-corrected chi connectivity index (χ1v) is 5.76. The van der Waals surface area contributed by atoms with Crippen LogP contribution in [0.15, 0.2) is 21.2 Å². The maximum atomic E-state index is 11.9. The number of halogens is 2. The normalized spacial score (nSPS) is 20.4. The van der Waals surface area contributed by atoms with Crippen molar-refractivity contribution in [3.8, 4) is 0 Å². The molecule has 90 valence electrons. The predicted molar refractivity (Wildman–Crippen MR) is 66.8 cm³/mol. The van der Waals surface area contributed by atoms with Gasteiger partial charge >= 0.3 is 0 Å². The number of carbonyl (C=O) groups is 1. The van der Waals surface area contributed by atoms with Crippen LogP contribution in [0.5, 0.6) is 0 Å². The van der Waals surface area contributed by atoms with Crippen LogP contribution in [0.4, 0.5) is 0 Å². The molecule has 0 saturated carbocycles. The molecule has 1 atom stereocenters. The van der Waals surface area contributed by atoms with Crippen molar-refractivity contribution in [1.82, 2.24) is 4.90 Å². The van der Waals surface area contributed by atoms with Gasteiger partial charge in [0.25, 0.3) is 5.91 Å². The molecule has 1 unspecified atom stereocenters. The quantitative estimate of drug-likeness (QED) is 0.863. The van der Waals surface area contributed by atoms with Gasteiger partial charge in [0.15, 0.2) is 10.4 Å². The summed E-state index contributed by atoms with van der Waals surface area (Å²) in [6, 6.07) is 3.49. The first kappa shape index (κ1) is 13.5. The largest absolute Gasteiger partial charge is 0.444 e. The fourth-order valence-corrected chi connectivity index (χ4v) is 2.09. The minimum Gasteiger partial charge on any atom is -0.444 e. The second-order valence-corrected chi connectivity index (χ2v) is 4.54. The Morgan fingerprint density at radius 1 is 1.56 bits per heavy atom. The van der Waals surface area contributed by atoms with E-state index in [1.54, 1.807) is 17.0 Å². The van der Waals surface area contributed by atoms with Crippen LogP contribution in [-0.2, 0) is 0 Å². The zero-order valence-electron chi connectivity index (χ0n) is 8.69. The molecule has 1 aliphatic rings. The molecule has 1 aliphatic heterocycles.